The Bertz CT molecular complexity index is 505. The SMILES string of the molecule is Cc1ccc(-c2nc(C(C)Cl)no2)c(C)c1. The number of nitrogens with zero attached hydrogens (tertiary/aromatic N) is 2. The highest BCUT2D eigenvalue weighted by Crippen LogP contribution is 2.25. The van der Waals surface area contributed by atoms with Crippen LogP contribution in [-0.2, 0) is 0 Å². The first-order valence-corrected chi connectivity index (χ1v) is 5.57. The van der Waals surface area contributed by atoms with Crippen molar-refractivity contribution in [1.82, 2.24) is 10.1 Å². The van der Waals surface area contributed by atoms with Crippen LogP contribution < -0.4 is 0 Å². The van der Waals surface area contributed by atoms with Gasteiger partial charge in [-0.25, -0.2) is 0 Å². The van der Waals surface area contributed by atoms with Crippen molar-refractivity contribution < 1.29 is 4.52 Å². The molecule has 0 N–H and O–H groups in total. The molecule has 0 aliphatic rings. The summed E-state index contributed by atoms with van der Waals surface area (Å²) < 4.78 is 5.19. The number of aromatic nitrogens is 2. The Kier molecular flexibility index (Phi) is 2.97. The molecule has 4 heteroatoms. The molecule has 2 rings (SSSR count). The Hall–Kier alpha value is -1.35. The molecule has 0 saturated carbocycles. The molecule has 1 aromatic carbocycles. The molecule has 2 aromatic rings. The van der Waals surface area contributed by atoms with Gasteiger partial charge in [-0.15, -0.1) is 11.6 Å². The summed E-state index contributed by atoms with van der Waals surface area (Å²) in [5.41, 5.74) is 3.30. The molecule has 0 aliphatic heterocycles. The number of halogens is 1. The molecule has 0 aliphatic carbocycles. The van der Waals surface area contributed by atoms with E-state index in [1.54, 1.807) is 0 Å². The van der Waals surface area contributed by atoms with Crippen LogP contribution in [0.5, 0.6) is 0 Å². The van der Waals surface area contributed by atoms with Crippen LogP contribution in [0.4, 0.5) is 0 Å². The molecule has 0 amide bonds. The lowest BCUT2D eigenvalue weighted by Crippen LogP contribution is -1.88. The van der Waals surface area contributed by atoms with Crippen LogP contribution in [-0.4, -0.2) is 10.1 Å². The first kappa shape index (κ1) is 11.1. The highest BCUT2D eigenvalue weighted by atomic mass is 35.5. The van der Waals surface area contributed by atoms with Crippen LogP contribution in [0.25, 0.3) is 11.5 Å². The number of aryl methyl sites for hydroxylation is 2. The fourth-order valence-electron chi connectivity index (χ4n) is 1.56. The summed E-state index contributed by atoms with van der Waals surface area (Å²) >= 11 is 5.88. The molecule has 0 spiro atoms. The first-order chi connectivity index (χ1) is 7.58. The van der Waals surface area contributed by atoms with Crippen molar-refractivity contribution in [1.29, 1.82) is 0 Å². The van der Waals surface area contributed by atoms with Gasteiger partial charge in [0.2, 0.25) is 0 Å². The number of hydrogen-bond donors (Lipinski definition) is 0. The smallest absolute Gasteiger partial charge is 0.258 e. The van der Waals surface area contributed by atoms with Crippen LogP contribution >= 0.6 is 11.6 Å². The number of hydrogen-bond acceptors (Lipinski definition) is 3. The normalized spacial score (nSPS) is 12.8. The fourth-order valence-corrected chi connectivity index (χ4v) is 1.65. The molecule has 1 unspecified atom stereocenters. The average Bonchev–Trinajstić information content (AvgIpc) is 2.66. The van der Waals surface area contributed by atoms with E-state index in [4.69, 9.17) is 16.1 Å². The molecular formula is C12H13ClN2O. The van der Waals surface area contributed by atoms with Gasteiger partial charge in [0.1, 0.15) is 0 Å². The zero-order valence-electron chi connectivity index (χ0n) is 9.49. The second-order valence-corrected chi connectivity index (χ2v) is 4.55. The van der Waals surface area contributed by atoms with Crippen molar-refractivity contribution in [2.45, 2.75) is 26.1 Å². The minimum atomic E-state index is -0.233. The van der Waals surface area contributed by atoms with Crippen molar-refractivity contribution in [2.75, 3.05) is 0 Å². The van der Waals surface area contributed by atoms with E-state index in [1.165, 1.54) is 5.56 Å². The van der Waals surface area contributed by atoms with Gasteiger partial charge in [-0.05, 0) is 32.4 Å². The van der Waals surface area contributed by atoms with Crippen molar-refractivity contribution in [2.24, 2.45) is 0 Å². The van der Waals surface area contributed by atoms with E-state index in [2.05, 4.69) is 23.1 Å². The Morgan fingerprint density at radius 2 is 2.06 bits per heavy atom. The third kappa shape index (κ3) is 2.09. The molecule has 0 bridgehead atoms. The third-order valence-corrected chi connectivity index (χ3v) is 2.61. The first-order valence-electron chi connectivity index (χ1n) is 5.13. The lowest BCUT2D eigenvalue weighted by Gasteiger charge is -2.01. The van der Waals surface area contributed by atoms with Crippen molar-refractivity contribution in [3.63, 3.8) is 0 Å². The maximum absolute atomic E-state index is 5.88. The van der Waals surface area contributed by atoms with Gasteiger partial charge in [-0.1, -0.05) is 22.9 Å². The van der Waals surface area contributed by atoms with Gasteiger partial charge in [-0.3, -0.25) is 0 Å². The highest BCUT2D eigenvalue weighted by molar-refractivity contribution is 6.20. The molecule has 16 heavy (non-hydrogen) atoms. The van der Waals surface area contributed by atoms with Crippen molar-refractivity contribution >= 4 is 11.6 Å². The second kappa shape index (κ2) is 4.26. The standard InChI is InChI=1S/C12H13ClN2O/c1-7-4-5-10(8(2)6-7)12-14-11(9(3)13)15-16-12/h4-6,9H,1-3H3. The van der Waals surface area contributed by atoms with E-state index in [9.17, 15) is 0 Å². The molecule has 0 fully saturated rings. The molecule has 84 valence electrons. The third-order valence-electron chi connectivity index (χ3n) is 2.41. The Labute approximate surface area is 99.4 Å². The maximum Gasteiger partial charge on any atom is 0.258 e. The van der Waals surface area contributed by atoms with Gasteiger partial charge in [0.25, 0.3) is 5.89 Å². The summed E-state index contributed by atoms with van der Waals surface area (Å²) in [7, 11) is 0. The predicted molar refractivity (Wildman–Crippen MR) is 63.5 cm³/mol. The summed E-state index contributed by atoms with van der Waals surface area (Å²) in [5, 5.41) is 3.60. The quantitative estimate of drug-likeness (QED) is 0.747. The summed E-state index contributed by atoms with van der Waals surface area (Å²) in [4.78, 5) is 4.26. The molecule has 0 saturated heterocycles. The van der Waals surface area contributed by atoms with Gasteiger partial charge < -0.3 is 4.52 Å². The highest BCUT2D eigenvalue weighted by Gasteiger charge is 2.13. The van der Waals surface area contributed by atoms with E-state index in [0.29, 0.717) is 11.7 Å². The minimum Gasteiger partial charge on any atom is -0.334 e. The Morgan fingerprint density at radius 3 is 2.62 bits per heavy atom. The van der Waals surface area contributed by atoms with Gasteiger partial charge in [0.15, 0.2) is 5.82 Å². The average molecular weight is 237 g/mol. The molecule has 0 radical (unpaired) electrons. The number of benzene rings is 1. The van der Waals surface area contributed by atoms with Gasteiger partial charge in [-0.2, -0.15) is 4.98 Å². The van der Waals surface area contributed by atoms with Crippen LogP contribution in [0.1, 0.15) is 29.3 Å². The fraction of sp³-hybridized carbons (Fsp3) is 0.333. The monoisotopic (exact) mass is 236 g/mol. The summed E-state index contributed by atoms with van der Waals surface area (Å²) in [5.74, 6) is 1.05. The zero-order valence-corrected chi connectivity index (χ0v) is 10.2. The number of rotatable bonds is 2. The van der Waals surface area contributed by atoms with E-state index < -0.39 is 0 Å². The van der Waals surface area contributed by atoms with E-state index in [1.807, 2.05) is 26.0 Å². The second-order valence-electron chi connectivity index (χ2n) is 3.89. The van der Waals surface area contributed by atoms with Crippen molar-refractivity contribution in [3.05, 3.63) is 35.2 Å². The van der Waals surface area contributed by atoms with E-state index in [0.717, 1.165) is 11.1 Å². The van der Waals surface area contributed by atoms with Gasteiger partial charge in [0, 0.05) is 5.56 Å². The van der Waals surface area contributed by atoms with Crippen molar-refractivity contribution in [3.8, 4) is 11.5 Å². The van der Waals surface area contributed by atoms with E-state index >= 15 is 0 Å². The zero-order chi connectivity index (χ0) is 11.7. The lowest BCUT2D eigenvalue weighted by atomic mass is 10.1. The summed E-state index contributed by atoms with van der Waals surface area (Å²) in [6.45, 7) is 5.89. The summed E-state index contributed by atoms with van der Waals surface area (Å²) in [6.07, 6.45) is 0. The van der Waals surface area contributed by atoms with Crippen LogP contribution in [0, 0.1) is 13.8 Å². The topological polar surface area (TPSA) is 38.9 Å². The largest absolute Gasteiger partial charge is 0.334 e. The van der Waals surface area contributed by atoms with E-state index in [-0.39, 0.29) is 5.38 Å². The Balaban J connectivity index is 2.42. The maximum atomic E-state index is 5.88. The molecular weight excluding hydrogens is 224 g/mol. The minimum absolute atomic E-state index is 0.233. The van der Waals surface area contributed by atoms with Crippen LogP contribution in [0.15, 0.2) is 22.7 Å². The molecule has 1 aromatic heterocycles. The van der Waals surface area contributed by atoms with Crippen LogP contribution in [0.3, 0.4) is 0 Å². The lowest BCUT2D eigenvalue weighted by molar-refractivity contribution is 0.422. The summed E-state index contributed by atoms with van der Waals surface area (Å²) in [6, 6.07) is 6.10. The van der Waals surface area contributed by atoms with Gasteiger partial charge in [0.05, 0.1) is 5.38 Å². The Morgan fingerprint density at radius 1 is 1.31 bits per heavy atom. The number of alkyl halides is 1. The van der Waals surface area contributed by atoms with Crippen LogP contribution in [0.2, 0.25) is 0 Å². The molecule has 3 nitrogen and oxygen atoms in total. The van der Waals surface area contributed by atoms with Gasteiger partial charge >= 0.3 is 0 Å². The predicted octanol–water partition coefficient (Wildman–Crippen LogP) is 3.65. The molecule has 1 atom stereocenters. The molecule has 1 heterocycles.